The Hall–Kier alpha value is -1.76. The first-order valence-electron chi connectivity index (χ1n) is 6.72. The zero-order valence-electron chi connectivity index (χ0n) is 11.5. The molecule has 0 aliphatic carbocycles. The third-order valence-electron chi connectivity index (χ3n) is 3.58. The van der Waals surface area contributed by atoms with Gasteiger partial charge in [0.05, 0.1) is 11.3 Å². The minimum Gasteiger partial charge on any atom is -0.506 e. The first-order chi connectivity index (χ1) is 9.77. The third-order valence-corrected chi connectivity index (χ3v) is 3.58. The molecule has 0 saturated carbocycles. The Bertz CT molecular complexity index is 531. The molecule has 0 aromatic heterocycles. The van der Waals surface area contributed by atoms with Crippen molar-refractivity contribution in [1.82, 2.24) is 5.32 Å². The molecule has 1 heterocycles. The topological polar surface area (TPSA) is 61.4 Å². The second kappa shape index (κ2) is 5.93. The highest BCUT2D eigenvalue weighted by molar-refractivity contribution is 5.94. The molecule has 0 bridgehead atoms. The standard InChI is InChI=1S/C14H17F3N2O2/c1-8-6-9(4-5-18-8)13(21)19-11-7-10(14(15,16)17)2-3-12(11)20/h2-3,7-9,18,20H,4-6H2,1H3,(H,19,21)/t8-,9-/m0/s1. The van der Waals surface area contributed by atoms with E-state index < -0.39 is 11.7 Å². The highest BCUT2D eigenvalue weighted by Crippen LogP contribution is 2.34. The number of carbonyl (C=O) groups is 1. The van der Waals surface area contributed by atoms with E-state index in [4.69, 9.17) is 0 Å². The van der Waals surface area contributed by atoms with Gasteiger partial charge in [-0.25, -0.2) is 0 Å². The number of alkyl halides is 3. The van der Waals surface area contributed by atoms with Crippen LogP contribution in [0.2, 0.25) is 0 Å². The molecule has 1 amide bonds. The fourth-order valence-electron chi connectivity index (χ4n) is 2.42. The average molecular weight is 302 g/mol. The predicted molar refractivity (Wildman–Crippen MR) is 71.9 cm³/mol. The van der Waals surface area contributed by atoms with Crippen molar-refractivity contribution in [1.29, 1.82) is 0 Å². The van der Waals surface area contributed by atoms with E-state index in [-0.39, 0.29) is 29.3 Å². The molecule has 4 nitrogen and oxygen atoms in total. The zero-order valence-corrected chi connectivity index (χ0v) is 11.5. The summed E-state index contributed by atoms with van der Waals surface area (Å²) in [5.74, 6) is -1.01. The molecular weight excluding hydrogens is 285 g/mol. The van der Waals surface area contributed by atoms with E-state index >= 15 is 0 Å². The average Bonchev–Trinajstić information content (AvgIpc) is 2.40. The quantitative estimate of drug-likeness (QED) is 0.736. The monoisotopic (exact) mass is 302 g/mol. The van der Waals surface area contributed by atoms with Gasteiger partial charge >= 0.3 is 6.18 Å². The summed E-state index contributed by atoms with van der Waals surface area (Å²) in [4.78, 5) is 12.1. The van der Waals surface area contributed by atoms with Crippen LogP contribution < -0.4 is 10.6 Å². The van der Waals surface area contributed by atoms with Crippen LogP contribution in [-0.2, 0) is 11.0 Å². The molecule has 1 aliphatic heterocycles. The summed E-state index contributed by atoms with van der Waals surface area (Å²) in [5, 5.41) is 15.2. The third kappa shape index (κ3) is 3.87. The molecule has 0 unspecified atom stereocenters. The number of nitrogens with one attached hydrogen (secondary N) is 2. The first kappa shape index (κ1) is 15.6. The summed E-state index contributed by atoms with van der Waals surface area (Å²) < 4.78 is 37.9. The summed E-state index contributed by atoms with van der Waals surface area (Å²) in [7, 11) is 0. The first-order valence-corrected chi connectivity index (χ1v) is 6.72. The molecule has 7 heteroatoms. The number of hydrogen-bond acceptors (Lipinski definition) is 3. The van der Waals surface area contributed by atoms with Crippen LogP contribution in [-0.4, -0.2) is 23.6 Å². The lowest BCUT2D eigenvalue weighted by atomic mass is 9.92. The van der Waals surface area contributed by atoms with E-state index in [1.807, 2.05) is 6.92 Å². The largest absolute Gasteiger partial charge is 0.506 e. The van der Waals surface area contributed by atoms with Gasteiger partial charge in [-0.15, -0.1) is 0 Å². The fourth-order valence-corrected chi connectivity index (χ4v) is 2.42. The summed E-state index contributed by atoms with van der Waals surface area (Å²) in [5.41, 5.74) is -1.12. The number of carbonyl (C=O) groups excluding carboxylic acids is 1. The summed E-state index contributed by atoms with van der Waals surface area (Å²) in [6, 6.07) is 2.64. The van der Waals surface area contributed by atoms with Crippen molar-refractivity contribution >= 4 is 11.6 Å². The molecular formula is C14H17F3N2O2. The Morgan fingerprint density at radius 3 is 2.76 bits per heavy atom. The number of phenolic OH excluding ortho intramolecular Hbond substituents is 1. The van der Waals surface area contributed by atoms with E-state index in [0.717, 1.165) is 18.2 Å². The van der Waals surface area contributed by atoms with Crippen molar-refractivity contribution < 1.29 is 23.1 Å². The number of rotatable bonds is 2. The number of hydrogen-bond donors (Lipinski definition) is 3. The van der Waals surface area contributed by atoms with Crippen molar-refractivity contribution in [2.45, 2.75) is 32.0 Å². The Balaban J connectivity index is 2.13. The van der Waals surface area contributed by atoms with Crippen LogP contribution in [0, 0.1) is 5.92 Å². The van der Waals surface area contributed by atoms with Gasteiger partial charge in [0, 0.05) is 12.0 Å². The molecule has 3 N–H and O–H groups in total. The number of halogens is 3. The number of phenols is 1. The maximum Gasteiger partial charge on any atom is 0.416 e. The van der Waals surface area contributed by atoms with Crippen LogP contribution in [0.4, 0.5) is 18.9 Å². The number of anilines is 1. The molecule has 1 fully saturated rings. The van der Waals surface area contributed by atoms with Crippen LogP contribution >= 0.6 is 0 Å². The van der Waals surface area contributed by atoms with Gasteiger partial charge < -0.3 is 15.7 Å². The summed E-state index contributed by atoms with van der Waals surface area (Å²) in [6.45, 7) is 2.63. The smallest absolute Gasteiger partial charge is 0.416 e. The molecule has 0 spiro atoms. The van der Waals surface area contributed by atoms with Crippen LogP contribution in [0.3, 0.4) is 0 Å². The number of aromatic hydroxyl groups is 1. The van der Waals surface area contributed by atoms with E-state index in [2.05, 4.69) is 10.6 Å². The highest BCUT2D eigenvalue weighted by Gasteiger charge is 2.32. The maximum atomic E-state index is 12.6. The molecule has 0 radical (unpaired) electrons. The van der Waals surface area contributed by atoms with Gasteiger partial charge in [0.25, 0.3) is 0 Å². The van der Waals surface area contributed by atoms with Crippen molar-refractivity contribution in [3.63, 3.8) is 0 Å². The molecule has 1 aromatic carbocycles. The number of amides is 1. The lowest BCUT2D eigenvalue weighted by Crippen LogP contribution is -2.40. The lowest BCUT2D eigenvalue weighted by Gasteiger charge is -2.27. The van der Waals surface area contributed by atoms with Gasteiger partial charge in [-0.3, -0.25) is 4.79 Å². The minimum atomic E-state index is -4.52. The Kier molecular flexibility index (Phi) is 4.41. The van der Waals surface area contributed by atoms with Crippen LogP contribution in [0.15, 0.2) is 18.2 Å². The fraction of sp³-hybridized carbons (Fsp3) is 0.500. The van der Waals surface area contributed by atoms with E-state index in [1.54, 1.807) is 0 Å². The van der Waals surface area contributed by atoms with Gasteiger partial charge in [-0.1, -0.05) is 0 Å². The van der Waals surface area contributed by atoms with Gasteiger partial charge in [0.1, 0.15) is 5.75 Å². The van der Waals surface area contributed by atoms with Gasteiger partial charge in [0.15, 0.2) is 0 Å². The molecule has 1 aliphatic rings. The number of benzene rings is 1. The molecule has 21 heavy (non-hydrogen) atoms. The van der Waals surface area contributed by atoms with Crippen LogP contribution in [0.5, 0.6) is 5.75 Å². The molecule has 1 saturated heterocycles. The molecule has 1 aromatic rings. The maximum absolute atomic E-state index is 12.6. The molecule has 2 atom stereocenters. The summed E-state index contributed by atoms with van der Waals surface area (Å²) in [6.07, 6.45) is -3.28. The van der Waals surface area contributed by atoms with E-state index in [1.165, 1.54) is 0 Å². The van der Waals surface area contributed by atoms with Crippen molar-refractivity contribution in [2.75, 3.05) is 11.9 Å². The second-order valence-corrected chi connectivity index (χ2v) is 5.30. The van der Waals surface area contributed by atoms with Crippen LogP contribution in [0.25, 0.3) is 0 Å². The lowest BCUT2D eigenvalue weighted by molar-refractivity contribution is -0.137. The van der Waals surface area contributed by atoms with Crippen molar-refractivity contribution in [3.8, 4) is 5.75 Å². The minimum absolute atomic E-state index is 0.185. The SMILES string of the molecule is C[C@H]1C[C@@H](C(=O)Nc2cc(C(F)(F)F)ccc2O)CCN1. The van der Waals surface area contributed by atoms with E-state index in [0.29, 0.717) is 19.4 Å². The molecule has 2 rings (SSSR count). The highest BCUT2D eigenvalue weighted by atomic mass is 19.4. The van der Waals surface area contributed by atoms with Gasteiger partial charge in [-0.05, 0) is 44.5 Å². The van der Waals surface area contributed by atoms with Gasteiger partial charge in [-0.2, -0.15) is 13.2 Å². The summed E-state index contributed by atoms with van der Waals surface area (Å²) >= 11 is 0. The normalized spacial score (nSPS) is 22.9. The zero-order chi connectivity index (χ0) is 15.6. The molecule has 116 valence electrons. The second-order valence-electron chi connectivity index (χ2n) is 5.30. The van der Waals surface area contributed by atoms with Crippen molar-refractivity contribution in [2.24, 2.45) is 5.92 Å². The Labute approximate surface area is 120 Å². The van der Waals surface area contributed by atoms with Crippen LogP contribution in [0.1, 0.15) is 25.3 Å². The predicted octanol–water partition coefficient (Wildman–Crippen LogP) is 2.74. The van der Waals surface area contributed by atoms with E-state index in [9.17, 15) is 23.1 Å². The van der Waals surface area contributed by atoms with Gasteiger partial charge in [0.2, 0.25) is 5.91 Å². The Morgan fingerprint density at radius 1 is 1.43 bits per heavy atom. The number of piperidine rings is 1. The van der Waals surface area contributed by atoms with Crippen molar-refractivity contribution in [3.05, 3.63) is 23.8 Å². The Morgan fingerprint density at radius 2 is 2.14 bits per heavy atom.